The fraction of sp³-hybridized carbons (Fsp3) is 0.440. The third kappa shape index (κ3) is 4.01. The van der Waals surface area contributed by atoms with E-state index < -0.39 is 0 Å². The van der Waals surface area contributed by atoms with Gasteiger partial charge in [0.2, 0.25) is 0 Å². The number of fused-ring (bicyclic) bond motifs is 1. The fourth-order valence-corrected chi connectivity index (χ4v) is 4.42. The average Bonchev–Trinajstić information content (AvgIpc) is 3.27. The number of benzene rings is 2. The molecule has 0 amide bonds. The van der Waals surface area contributed by atoms with Gasteiger partial charge in [-0.05, 0) is 66.1 Å². The second-order valence-electron chi connectivity index (χ2n) is 9.21. The number of nitrogens with zero attached hydrogens (tertiary/aromatic N) is 1. The summed E-state index contributed by atoms with van der Waals surface area (Å²) in [6.07, 6.45) is 3.32. The third-order valence-corrected chi connectivity index (χ3v) is 6.07. The lowest BCUT2D eigenvalue weighted by molar-refractivity contribution is 0.188. The van der Waals surface area contributed by atoms with Crippen molar-refractivity contribution in [3.05, 3.63) is 59.8 Å². The van der Waals surface area contributed by atoms with Crippen LogP contribution in [0.2, 0.25) is 0 Å². The molecule has 2 heterocycles. The molecular formula is C25H32N2O. The molecular weight excluding hydrogens is 344 g/mol. The number of aliphatic hydroxyl groups excluding tert-OH is 1. The lowest BCUT2D eigenvalue weighted by Gasteiger charge is -2.23. The van der Waals surface area contributed by atoms with E-state index in [1.165, 1.54) is 46.1 Å². The normalized spacial score (nSPS) is 18.2. The summed E-state index contributed by atoms with van der Waals surface area (Å²) in [6, 6.07) is 18.4. The van der Waals surface area contributed by atoms with Gasteiger partial charge < -0.3 is 10.1 Å². The van der Waals surface area contributed by atoms with Crippen LogP contribution in [-0.4, -0.2) is 34.2 Å². The van der Waals surface area contributed by atoms with Crippen molar-refractivity contribution < 1.29 is 5.11 Å². The number of likely N-dealkylation sites (tertiary alicyclic amines) is 1. The second kappa shape index (κ2) is 7.73. The van der Waals surface area contributed by atoms with Crippen molar-refractivity contribution in [2.45, 2.75) is 58.0 Å². The van der Waals surface area contributed by atoms with E-state index in [1.54, 1.807) is 0 Å². The molecule has 0 unspecified atom stereocenters. The van der Waals surface area contributed by atoms with Crippen LogP contribution in [-0.2, 0) is 12.0 Å². The summed E-state index contributed by atoms with van der Waals surface area (Å²) in [5.74, 6) is 0. The Kier molecular flexibility index (Phi) is 5.31. The Morgan fingerprint density at radius 2 is 1.89 bits per heavy atom. The van der Waals surface area contributed by atoms with Gasteiger partial charge in [-0.25, -0.2) is 0 Å². The molecule has 2 N–H and O–H groups in total. The lowest BCUT2D eigenvalue weighted by Crippen LogP contribution is -2.29. The van der Waals surface area contributed by atoms with Crippen molar-refractivity contribution in [2.24, 2.45) is 0 Å². The van der Waals surface area contributed by atoms with Crippen LogP contribution in [0.4, 0.5) is 0 Å². The van der Waals surface area contributed by atoms with Crippen LogP contribution in [0.5, 0.6) is 0 Å². The predicted molar refractivity (Wildman–Crippen MR) is 118 cm³/mol. The second-order valence-corrected chi connectivity index (χ2v) is 9.21. The molecule has 0 bridgehead atoms. The zero-order chi connectivity index (χ0) is 19.7. The van der Waals surface area contributed by atoms with Gasteiger partial charge in [0.1, 0.15) is 0 Å². The van der Waals surface area contributed by atoms with Crippen LogP contribution in [0, 0.1) is 0 Å². The lowest BCUT2D eigenvalue weighted by atomic mass is 9.85. The monoisotopic (exact) mass is 376 g/mol. The van der Waals surface area contributed by atoms with Crippen molar-refractivity contribution >= 4 is 10.9 Å². The zero-order valence-electron chi connectivity index (χ0n) is 17.3. The SMILES string of the molecule is CC(C)(C)c1cccc(-c2ccc3[nH]c(CN4CCC[C@@H]4CCO)cc3c2)c1. The standard InChI is InChI=1S/C25H32N2O/c1-25(2,3)21-7-4-6-18(15-21)19-9-10-24-20(14-19)16-22(26-24)17-27-12-5-8-23(27)11-13-28/h4,6-7,9-10,14-16,23,26,28H,5,8,11-13,17H2,1-3H3/t23-/m1/s1. The minimum absolute atomic E-state index is 0.155. The summed E-state index contributed by atoms with van der Waals surface area (Å²) < 4.78 is 0. The number of nitrogens with one attached hydrogen (secondary N) is 1. The molecule has 0 radical (unpaired) electrons. The Balaban J connectivity index is 1.59. The van der Waals surface area contributed by atoms with E-state index in [0.717, 1.165) is 19.5 Å². The van der Waals surface area contributed by atoms with Gasteiger partial charge in [0.05, 0.1) is 0 Å². The van der Waals surface area contributed by atoms with Gasteiger partial charge in [0, 0.05) is 35.8 Å². The van der Waals surface area contributed by atoms with Crippen LogP contribution in [0.25, 0.3) is 22.0 Å². The molecule has 1 atom stereocenters. The first kappa shape index (κ1) is 19.2. The number of aromatic nitrogens is 1. The van der Waals surface area contributed by atoms with Gasteiger partial charge in [0.15, 0.2) is 0 Å². The molecule has 0 aliphatic carbocycles. The summed E-state index contributed by atoms with van der Waals surface area (Å²) >= 11 is 0. The third-order valence-electron chi connectivity index (χ3n) is 6.07. The van der Waals surface area contributed by atoms with Crippen molar-refractivity contribution in [1.82, 2.24) is 9.88 Å². The van der Waals surface area contributed by atoms with E-state index in [9.17, 15) is 5.11 Å². The molecule has 3 aromatic rings. The van der Waals surface area contributed by atoms with Crippen LogP contribution >= 0.6 is 0 Å². The van der Waals surface area contributed by atoms with Gasteiger partial charge >= 0.3 is 0 Å². The Bertz CT molecular complexity index is 951. The summed E-state index contributed by atoms with van der Waals surface area (Å²) in [6.45, 7) is 9.13. The highest BCUT2D eigenvalue weighted by molar-refractivity contribution is 5.86. The Morgan fingerprint density at radius 1 is 1.07 bits per heavy atom. The zero-order valence-corrected chi connectivity index (χ0v) is 17.3. The van der Waals surface area contributed by atoms with Crippen molar-refractivity contribution in [3.8, 4) is 11.1 Å². The van der Waals surface area contributed by atoms with E-state index >= 15 is 0 Å². The molecule has 1 saturated heterocycles. The van der Waals surface area contributed by atoms with E-state index in [2.05, 4.69) is 79.2 Å². The van der Waals surface area contributed by atoms with Crippen LogP contribution in [0.1, 0.15) is 51.3 Å². The Morgan fingerprint density at radius 3 is 2.68 bits per heavy atom. The molecule has 0 saturated carbocycles. The van der Waals surface area contributed by atoms with Crippen molar-refractivity contribution in [2.75, 3.05) is 13.2 Å². The molecule has 1 aromatic heterocycles. The van der Waals surface area contributed by atoms with Crippen LogP contribution in [0.3, 0.4) is 0 Å². The smallest absolute Gasteiger partial charge is 0.0456 e. The number of rotatable bonds is 5. The number of hydrogen-bond acceptors (Lipinski definition) is 2. The highest BCUT2D eigenvalue weighted by Gasteiger charge is 2.24. The summed E-state index contributed by atoms with van der Waals surface area (Å²) in [5, 5.41) is 10.6. The highest BCUT2D eigenvalue weighted by Crippen LogP contribution is 2.30. The van der Waals surface area contributed by atoms with E-state index in [4.69, 9.17) is 0 Å². The molecule has 1 aliphatic heterocycles. The first-order chi connectivity index (χ1) is 13.4. The molecule has 1 fully saturated rings. The minimum Gasteiger partial charge on any atom is -0.396 e. The maximum Gasteiger partial charge on any atom is 0.0456 e. The number of H-pyrrole nitrogens is 1. The summed E-state index contributed by atoms with van der Waals surface area (Å²) in [7, 11) is 0. The van der Waals surface area contributed by atoms with Gasteiger partial charge in [-0.2, -0.15) is 0 Å². The van der Waals surface area contributed by atoms with Crippen LogP contribution in [0.15, 0.2) is 48.5 Å². The predicted octanol–water partition coefficient (Wildman–Crippen LogP) is 5.48. The quantitative estimate of drug-likeness (QED) is 0.619. The van der Waals surface area contributed by atoms with E-state index in [0.29, 0.717) is 6.04 Å². The number of aromatic amines is 1. The Hall–Kier alpha value is -2.10. The van der Waals surface area contributed by atoms with Crippen LogP contribution < -0.4 is 0 Å². The molecule has 2 aromatic carbocycles. The van der Waals surface area contributed by atoms with Gasteiger partial charge in [-0.15, -0.1) is 0 Å². The number of hydrogen-bond donors (Lipinski definition) is 2. The average molecular weight is 377 g/mol. The molecule has 4 rings (SSSR count). The molecule has 3 heteroatoms. The first-order valence-electron chi connectivity index (χ1n) is 10.5. The van der Waals surface area contributed by atoms with Gasteiger partial charge in [-0.3, -0.25) is 4.90 Å². The summed E-state index contributed by atoms with van der Waals surface area (Å²) in [5.41, 5.74) is 6.53. The molecule has 1 aliphatic rings. The topological polar surface area (TPSA) is 39.3 Å². The van der Waals surface area contributed by atoms with Gasteiger partial charge in [0.25, 0.3) is 0 Å². The Labute approximate surface area is 168 Å². The molecule has 28 heavy (non-hydrogen) atoms. The van der Waals surface area contributed by atoms with Crippen molar-refractivity contribution in [1.29, 1.82) is 0 Å². The fourth-order valence-electron chi connectivity index (χ4n) is 4.42. The first-order valence-corrected chi connectivity index (χ1v) is 10.5. The van der Waals surface area contributed by atoms with E-state index in [-0.39, 0.29) is 12.0 Å². The molecule has 3 nitrogen and oxygen atoms in total. The van der Waals surface area contributed by atoms with Crippen molar-refractivity contribution in [3.63, 3.8) is 0 Å². The maximum atomic E-state index is 9.30. The molecule has 0 spiro atoms. The van der Waals surface area contributed by atoms with Gasteiger partial charge in [-0.1, -0.05) is 51.1 Å². The summed E-state index contributed by atoms with van der Waals surface area (Å²) in [4.78, 5) is 6.10. The highest BCUT2D eigenvalue weighted by atomic mass is 16.3. The number of aliphatic hydroxyl groups is 1. The molecule has 148 valence electrons. The minimum atomic E-state index is 0.155. The van der Waals surface area contributed by atoms with E-state index in [1.807, 2.05) is 0 Å². The maximum absolute atomic E-state index is 9.30. The largest absolute Gasteiger partial charge is 0.396 e.